The van der Waals surface area contributed by atoms with Crippen LogP contribution in [0.5, 0.6) is 0 Å². The van der Waals surface area contributed by atoms with Crippen LogP contribution in [0, 0.1) is 0 Å². The molecule has 1 saturated heterocycles. The van der Waals surface area contributed by atoms with E-state index in [9.17, 15) is 20.1 Å². The van der Waals surface area contributed by atoms with E-state index in [1.807, 2.05) is 0 Å². The highest BCUT2D eigenvalue weighted by atomic mass is 16.7. The Morgan fingerprint density at radius 3 is 2.44 bits per heavy atom. The largest absolute Gasteiger partial charge is 0.479 e. The fourth-order valence-electron chi connectivity index (χ4n) is 1.35. The third-order valence-electron chi connectivity index (χ3n) is 2.19. The van der Waals surface area contributed by atoms with Crippen LogP contribution in [-0.2, 0) is 14.3 Å². The lowest BCUT2D eigenvalue weighted by molar-refractivity contribution is -0.291. The highest BCUT2D eigenvalue weighted by molar-refractivity contribution is 5.73. The molecule has 0 amide bonds. The molecule has 0 radical (unpaired) electrons. The zero-order chi connectivity index (χ0) is 12.3. The maximum absolute atomic E-state index is 10.7. The Labute approximate surface area is 91.5 Å². The van der Waals surface area contributed by atoms with E-state index in [0.717, 1.165) is 0 Å². The molecule has 1 unspecified atom stereocenters. The molecule has 0 saturated carbocycles. The average molecular weight is 234 g/mol. The number of ether oxygens (including phenoxy) is 2. The second kappa shape index (κ2) is 5.37. The molecule has 0 bridgehead atoms. The van der Waals surface area contributed by atoms with Gasteiger partial charge in [-0.3, -0.25) is 0 Å². The highest BCUT2D eigenvalue weighted by Gasteiger charge is 2.47. The standard InChI is InChI=1S/C9H14O7/c1-2-3-15-9-6(12)4(10)5(11)7(16-9)8(13)14/h2,4-7,9-12H,1,3H2,(H,13,14)/t4-,5-,6+,7-,9?/m0/s1. The minimum absolute atomic E-state index is 0.0247. The third-order valence-corrected chi connectivity index (χ3v) is 2.19. The summed E-state index contributed by atoms with van der Waals surface area (Å²) in [6, 6.07) is 0. The van der Waals surface area contributed by atoms with Crippen LogP contribution in [0.1, 0.15) is 0 Å². The molecular weight excluding hydrogens is 220 g/mol. The van der Waals surface area contributed by atoms with Crippen molar-refractivity contribution >= 4 is 5.97 Å². The number of carboxylic acids is 1. The van der Waals surface area contributed by atoms with Gasteiger partial charge in [0.1, 0.15) is 18.3 Å². The monoisotopic (exact) mass is 234 g/mol. The molecule has 0 spiro atoms. The molecule has 0 aromatic carbocycles. The van der Waals surface area contributed by atoms with Crippen LogP contribution in [0.2, 0.25) is 0 Å². The van der Waals surface area contributed by atoms with E-state index in [2.05, 4.69) is 6.58 Å². The first-order valence-electron chi connectivity index (χ1n) is 4.64. The van der Waals surface area contributed by atoms with Crippen molar-refractivity contribution < 1.29 is 34.7 Å². The van der Waals surface area contributed by atoms with Crippen LogP contribution >= 0.6 is 0 Å². The molecule has 16 heavy (non-hydrogen) atoms. The lowest BCUT2D eigenvalue weighted by Gasteiger charge is -2.38. The van der Waals surface area contributed by atoms with Gasteiger partial charge in [0.05, 0.1) is 6.61 Å². The zero-order valence-corrected chi connectivity index (χ0v) is 8.39. The number of carboxylic acid groups (broad SMARTS) is 1. The molecule has 5 atom stereocenters. The lowest BCUT2D eigenvalue weighted by atomic mass is 9.99. The van der Waals surface area contributed by atoms with Crippen LogP contribution < -0.4 is 0 Å². The molecule has 1 heterocycles. The van der Waals surface area contributed by atoms with Gasteiger partial charge in [0.2, 0.25) is 0 Å². The fraction of sp³-hybridized carbons (Fsp3) is 0.667. The van der Waals surface area contributed by atoms with E-state index < -0.39 is 36.7 Å². The molecule has 92 valence electrons. The second-order valence-corrected chi connectivity index (χ2v) is 3.36. The van der Waals surface area contributed by atoms with E-state index >= 15 is 0 Å². The quantitative estimate of drug-likeness (QED) is 0.419. The van der Waals surface area contributed by atoms with Crippen LogP contribution in [0.4, 0.5) is 0 Å². The van der Waals surface area contributed by atoms with Gasteiger partial charge >= 0.3 is 5.97 Å². The molecular formula is C9H14O7. The summed E-state index contributed by atoms with van der Waals surface area (Å²) in [4.78, 5) is 10.7. The highest BCUT2D eigenvalue weighted by Crippen LogP contribution is 2.22. The normalized spacial score (nSPS) is 39.3. The number of rotatable bonds is 4. The van der Waals surface area contributed by atoms with Crippen molar-refractivity contribution in [2.24, 2.45) is 0 Å². The van der Waals surface area contributed by atoms with E-state index in [-0.39, 0.29) is 6.61 Å². The molecule has 4 N–H and O–H groups in total. The van der Waals surface area contributed by atoms with Crippen LogP contribution in [0.15, 0.2) is 12.7 Å². The molecule has 7 heteroatoms. The molecule has 1 fully saturated rings. The smallest absolute Gasteiger partial charge is 0.335 e. The topological polar surface area (TPSA) is 116 Å². The van der Waals surface area contributed by atoms with E-state index in [0.29, 0.717) is 0 Å². The van der Waals surface area contributed by atoms with Crippen molar-refractivity contribution in [1.82, 2.24) is 0 Å². The van der Waals surface area contributed by atoms with E-state index in [1.54, 1.807) is 0 Å². The number of aliphatic hydroxyl groups is 3. The van der Waals surface area contributed by atoms with Crippen molar-refractivity contribution in [3.05, 3.63) is 12.7 Å². The van der Waals surface area contributed by atoms with Gasteiger partial charge in [-0.05, 0) is 0 Å². The lowest BCUT2D eigenvalue weighted by Crippen LogP contribution is -2.60. The van der Waals surface area contributed by atoms with Gasteiger partial charge < -0.3 is 29.9 Å². The Bertz CT molecular complexity index is 267. The maximum atomic E-state index is 10.7. The van der Waals surface area contributed by atoms with Crippen molar-refractivity contribution in [3.63, 3.8) is 0 Å². The third kappa shape index (κ3) is 2.57. The van der Waals surface area contributed by atoms with Crippen molar-refractivity contribution in [2.75, 3.05) is 6.61 Å². The first kappa shape index (κ1) is 13.1. The number of hydrogen-bond donors (Lipinski definition) is 4. The molecule has 7 nitrogen and oxygen atoms in total. The molecule has 0 aromatic heterocycles. The second-order valence-electron chi connectivity index (χ2n) is 3.36. The van der Waals surface area contributed by atoms with Crippen molar-refractivity contribution in [2.45, 2.75) is 30.7 Å². The Hall–Kier alpha value is -0.990. The van der Waals surface area contributed by atoms with Crippen LogP contribution in [0.25, 0.3) is 0 Å². The maximum Gasteiger partial charge on any atom is 0.335 e. The van der Waals surface area contributed by atoms with Crippen molar-refractivity contribution in [1.29, 1.82) is 0 Å². The van der Waals surface area contributed by atoms with Gasteiger partial charge in [-0.1, -0.05) is 6.08 Å². The van der Waals surface area contributed by atoms with E-state index in [4.69, 9.17) is 14.6 Å². The molecule has 0 aromatic rings. The number of aliphatic carboxylic acids is 1. The zero-order valence-electron chi connectivity index (χ0n) is 8.39. The number of hydrogen-bond acceptors (Lipinski definition) is 6. The molecule has 0 aliphatic carbocycles. The van der Waals surface area contributed by atoms with Gasteiger partial charge in [-0.15, -0.1) is 6.58 Å². The number of carbonyl (C=O) groups is 1. The minimum atomic E-state index is -1.70. The Balaban J connectivity index is 2.72. The van der Waals surface area contributed by atoms with Gasteiger partial charge in [-0.2, -0.15) is 0 Å². The SMILES string of the molecule is C=CCOC1O[C@H](C(=O)O)[C@@H](O)[C@H](O)[C@H]1O. The Morgan fingerprint density at radius 2 is 1.94 bits per heavy atom. The van der Waals surface area contributed by atoms with Gasteiger partial charge in [0, 0.05) is 0 Å². The summed E-state index contributed by atoms with van der Waals surface area (Å²) < 4.78 is 9.73. The first-order valence-corrected chi connectivity index (χ1v) is 4.64. The summed E-state index contributed by atoms with van der Waals surface area (Å²) in [7, 11) is 0. The summed E-state index contributed by atoms with van der Waals surface area (Å²) in [6.45, 7) is 3.39. The molecule has 1 aliphatic heterocycles. The average Bonchev–Trinajstić information content (AvgIpc) is 2.24. The van der Waals surface area contributed by atoms with Crippen LogP contribution in [-0.4, -0.2) is 63.7 Å². The minimum Gasteiger partial charge on any atom is -0.479 e. The summed E-state index contributed by atoms with van der Waals surface area (Å²) in [5.74, 6) is -1.44. The van der Waals surface area contributed by atoms with Crippen molar-refractivity contribution in [3.8, 4) is 0 Å². The summed E-state index contributed by atoms with van der Waals surface area (Å²) in [5, 5.41) is 36.9. The Morgan fingerprint density at radius 1 is 1.31 bits per heavy atom. The summed E-state index contributed by atoms with van der Waals surface area (Å²) >= 11 is 0. The number of aliphatic hydroxyl groups excluding tert-OH is 3. The fourth-order valence-corrected chi connectivity index (χ4v) is 1.35. The predicted molar refractivity (Wildman–Crippen MR) is 50.5 cm³/mol. The van der Waals surface area contributed by atoms with Gasteiger partial charge in [0.25, 0.3) is 0 Å². The van der Waals surface area contributed by atoms with Gasteiger partial charge in [-0.25, -0.2) is 4.79 Å². The summed E-state index contributed by atoms with van der Waals surface area (Å²) in [5.41, 5.74) is 0. The predicted octanol–water partition coefficient (Wildman–Crippen LogP) is -1.92. The molecule has 1 aliphatic rings. The Kier molecular flexibility index (Phi) is 4.39. The molecule has 1 rings (SSSR count). The van der Waals surface area contributed by atoms with Crippen LogP contribution in [0.3, 0.4) is 0 Å². The first-order chi connectivity index (χ1) is 7.49. The van der Waals surface area contributed by atoms with E-state index in [1.165, 1.54) is 6.08 Å². The van der Waals surface area contributed by atoms with Gasteiger partial charge in [0.15, 0.2) is 12.4 Å². The summed E-state index contributed by atoms with van der Waals surface area (Å²) in [6.07, 6.45) is -6.40.